The molecule has 1 atom stereocenters. The van der Waals surface area contributed by atoms with E-state index >= 15 is 0 Å². The molecule has 1 fully saturated rings. The van der Waals surface area contributed by atoms with E-state index < -0.39 is 17.7 Å². The molecule has 3 heterocycles. The van der Waals surface area contributed by atoms with Gasteiger partial charge >= 0.3 is 0 Å². The molecular weight excluding hydrogens is 414 g/mol. The number of aliphatic hydroxyl groups excluding tert-OH is 1. The van der Waals surface area contributed by atoms with Gasteiger partial charge in [0.1, 0.15) is 11.8 Å². The number of likely N-dealkylation sites (tertiary alicyclic amines) is 1. The van der Waals surface area contributed by atoms with Crippen molar-refractivity contribution in [2.24, 2.45) is 0 Å². The van der Waals surface area contributed by atoms with Crippen molar-refractivity contribution in [3.63, 3.8) is 0 Å². The zero-order chi connectivity index (χ0) is 19.8. The van der Waals surface area contributed by atoms with Crippen molar-refractivity contribution >= 4 is 51.7 Å². The van der Waals surface area contributed by atoms with Crippen molar-refractivity contribution in [3.05, 3.63) is 84.7 Å². The van der Waals surface area contributed by atoms with Gasteiger partial charge in [0.05, 0.1) is 12.1 Å². The molecule has 1 aromatic carbocycles. The van der Waals surface area contributed by atoms with Crippen LogP contribution in [-0.4, -0.2) is 21.7 Å². The topological polar surface area (TPSA) is 57.6 Å². The van der Waals surface area contributed by atoms with Gasteiger partial charge in [0.15, 0.2) is 0 Å². The number of thiophene rings is 2. The van der Waals surface area contributed by atoms with Crippen molar-refractivity contribution in [3.8, 4) is 0 Å². The maximum atomic E-state index is 12.9. The Morgan fingerprint density at radius 2 is 1.96 bits per heavy atom. The van der Waals surface area contributed by atoms with Crippen LogP contribution in [0.25, 0.3) is 5.76 Å². The van der Waals surface area contributed by atoms with Crippen LogP contribution in [0, 0.1) is 6.92 Å². The lowest BCUT2D eigenvalue weighted by molar-refractivity contribution is -0.140. The molecular formula is C21H16ClNO3S2. The van der Waals surface area contributed by atoms with Crippen LogP contribution < -0.4 is 0 Å². The van der Waals surface area contributed by atoms with E-state index in [-0.39, 0.29) is 11.3 Å². The second-order valence-corrected chi connectivity index (χ2v) is 8.90. The van der Waals surface area contributed by atoms with Gasteiger partial charge in [-0.1, -0.05) is 29.8 Å². The minimum atomic E-state index is -0.674. The van der Waals surface area contributed by atoms with Crippen LogP contribution in [0.3, 0.4) is 0 Å². The maximum Gasteiger partial charge on any atom is 0.296 e. The van der Waals surface area contributed by atoms with Gasteiger partial charge in [-0.2, -0.15) is 0 Å². The first-order valence-corrected chi connectivity index (χ1v) is 10.7. The number of carbonyl (C=O) groups excluding carboxylic acids is 2. The van der Waals surface area contributed by atoms with Gasteiger partial charge in [0.2, 0.25) is 0 Å². The summed E-state index contributed by atoms with van der Waals surface area (Å²) in [6, 6.07) is 11.8. The summed E-state index contributed by atoms with van der Waals surface area (Å²) in [7, 11) is 0. The summed E-state index contributed by atoms with van der Waals surface area (Å²) in [5.41, 5.74) is 1.50. The highest BCUT2D eigenvalue weighted by Crippen LogP contribution is 2.43. The van der Waals surface area contributed by atoms with Crippen LogP contribution in [0.5, 0.6) is 0 Å². The Labute approximate surface area is 175 Å². The Kier molecular flexibility index (Phi) is 5.10. The second-order valence-electron chi connectivity index (χ2n) is 6.48. The fourth-order valence-electron chi connectivity index (χ4n) is 3.34. The van der Waals surface area contributed by atoms with Gasteiger partial charge < -0.3 is 10.0 Å². The van der Waals surface area contributed by atoms with Gasteiger partial charge in [-0.05, 0) is 47.5 Å². The fourth-order valence-corrected chi connectivity index (χ4v) is 5.28. The van der Waals surface area contributed by atoms with E-state index in [1.807, 2.05) is 35.9 Å². The number of rotatable bonds is 4. The third kappa shape index (κ3) is 3.28. The summed E-state index contributed by atoms with van der Waals surface area (Å²) in [5.74, 6) is -1.48. The van der Waals surface area contributed by atoms with Gasteiger partial charge in [-0.15, -0.1) is 22.7 Å². The van der Waals surface area contributed by atoms with Crippen LogP contribution >= 0.6 is 34.3 Å². The molecule has 2 aromatic heterocycles. The van der Waals surface area contributed by atoms with E-state index in [1.165, 1.54) is 22.7 Å². The lowest BCUT2D eigenvalue weighted by Crippen LogP contribution is -2.28. The molecule has 1 unspecified atom stereocenters. The van der Waals surface area contributed by atoms with Crippen LogP contribution in [0.2, 0.25) is 5.02 Å². The highest BCUT2D eigenvalue weighted by molar-refractivity contribution is 7.10. The van der Waals surface area contributed by atoms with Crippen molar-refractivity contribution in [1.82, 2.24) is 4.90 Å². The zero-order valence-corrected chi connectivity index (χ0v) is 17.3. The van der Waals surface area contributed by atoms with Gasteiger partial charge in [0, 0.05) is 20.3 Å². The number of aliphatic hydroxyl groups is 1. The molecule has 7 heteroatoms. The highest BCUT2D eigenvalue weighted by Gasteiger charge is 2.47. The van der Waals surface area contributed by atoms with E-state index in [0.29, 0.717) is 17.1 Å². The van der Waals surface area contributed by atoms with Gasteiger partial charge in [-0.25, -0.2) is 0 Å². The normalized spacial score (nSPS) is 18.8. The number of nitrogens with zero attached hydrogens (tertiary/aromatic N) is 1. The van der Waals surface area contributed by atoms with Crippen molar-refractivity contribution in [1.29, 1.82) is 0 Å². The molecule has 1 aliphatic heterocycles. The average molecular weight is 430 g/mol. The Morgan fingerprint density at radius 1 is 1.14 bits per heavy atom. The Balaban J connectivity index is 1.88. The summed E-state index contributed by atoms with van der Waals surface area (Å²) in [6.07, 6.45) is 0. The lowest BCUT2D eigenvalue weighted by atomic mass is 9.98. The number of ketones is 1. The molecule has 4 rings (SSSR count). The number of carbonyl (C=O) groups is 2. The van der Waals surface area contributed by atoms with Gasteiger partial charge in [-0.3, -0.25) is 9.59 Å². The fraction of sp³-hybridized carbons (Fsp3) is 0.143. The van der Waals surface area contributed by atoms with Crippen molar-refractivity contribution in [2.45, 2.75) is 19.5 Å². The SMILES string of the molecule is Cc1ccsc1C1/C(=C(/O)c2cccc(Cl)c2)C(=O)C(=O)N1Cc1cccs1. The van der Waals surface area contributed by atoms with E-state index in [1.54, 1.807) is 29.2 Å². The third-order valence-corrected chi connectivity index (χ3v) is 6.86. The second kappa shape index (κ2) is 7.54. The first kappa shape index (κ1) is 18.9. The molecule has 3 aromatic rings. The third-order valence-electron chi connectivity index (χ3n) is 4.69. The van der Waals surface area contributed by atoms with Crippen molar-refractivity contribution < 1.29 is 14.7 Å². The summed E-state index contributed by atoms with van der Waals surface area (Å²) in [5, 5.41) is 15.3. The quantitative estimate of drug-likeness (QED) is 0.343. The minimum absolute atomic E-state index is 0.106. The summed E-state index contributed by atoms with van der Waals surface area (Å²) in [6.45, 7) is 2.26. The highest BCUT2D eigenvalue weighted by atomic mass is 35.5. The largest absolute Gasteiger partial charge is 0.507 e. The van der Waals surface area contributed by atoms with E-state index in [9.17, 15) is 14.7 Å². The Bertz CT molecular complexity index is 1080. The zero-order valence-electron chi connectivity index (χ0n) is 14.9. The van der Waals surface area contributed by atoms with Crippen molar-refractivity contribution in [2.75, 3.05) is 0 Å². The number of halogens is 1. The summed E-state index contributed by atoms with van der Waals surface area (Å²) in [4.78, 5) is 29.2. The predicted molar refractivity (Wildman–Crippen MR) is 113 cm³/mol. The average Bonchev–Trinajstić information content (AvgIpc) is 3.39. The summed E-state index contributed by atoms with van der Waals surface area (Å²) >= 11 is 9.05. The van der Waals surface area contributed by atoms with Crippen LogP contribution in [0.1, 0.15) is 26.9 Å². The van der Waals surface area contributed by atoms with Crippen LogP contribution in [0.15, 0.2) is 58.8 Å². The van der Waals surface area contributed by atoms with Crippen LogP contribution in [0.4, 0.5) is 0 Å². The first-order chi connectivity index (χ1) is 13.5. The van der Waals surface area contributed by atoms with Gasteiger partial charge in [0.25, 0.3) is 11.7 Å². The number of hydrogen-bond donors (Lipinski definition) is 1. The number of amides is 1. The molecule has 1 saturated heterocycles. The van der Waals surface area contributed by atoms with E-state index in [4.69, 9.17) is 11.6 Å². The number of hydrogen-bond acceptors (Lipinski definition) is 5. The predicted octanol–water partition coefficient (Wildman–Crippen LogP) is 5.39. The molecule has 28 heavy (non-hydrogen) atoms. The minimum Gasteiger partial charge on any atom is -0.507 e. The number of benzene rings is 1. The molecule has 0 spiro atoms. The molecule has 0 bridgehead atoms. The molecule has 4 nitrogen and oxygen atoms in total. The maximum absolute atomic E-state index is 12.9. The molecule has 0 radical (unpaired) electrons. The van der Waals surface area contributed by atoms with Crippen LogP contribution in [-0.2, 0) is 16.1 Å². The molecule has 1 N–H and O–H groups in total. The smallest absolute Gasteiger partial charge is 0.296 e. The standard InChI is InChI=1S/C21H16ClNO3S2/c1-12-7-9-28-20(12)17-16(18(24)13-4-2-5-14(22)10-13)19(25)21(26)23(17)11-15-6-3-8-27-15/h2-10,17,24H,11H2,1H3/b18-16-. The molecule has 0 saturated carbocycles. The monoisotopic (exact) mass is 429 g/mol. The van der Waals surface area contributed by atoms with E-state index in [0.717, 1.165) is 15.3 Å². The first-order valence-electron chi connectivity index (χ1n) is 8.58. The number of aryl methyl sites for hydroxylation is 1. The Morgan fingerprint density at radius 3 is 2.61 bits per heavy atom. The number of Topliss-reactive ketones (excluding diaryl/α,β-unsaturated/α-hetero) is 1. The Hall–Kier alpha value is -2.41. The molecule has 1 amide bonds. The molecule has 0 aliphatic carbocycles. The lowest BCUT2D eigenvalue weighted by Gasteiger charge is -2.24. The molecule has 1 aliphatic rings. The van der Waals surface area contributed by atoms with E-state index in [2.05, 4.69) is 0 Å². The molecule has 142 valence electrons. The summed E-state index contributed by atoms with van der Waals surface area (Å²) < 4.78 is 0.